The summed E-state index contributed by atoms with van der Waals surface area (Å²) in [6, 6.07) is 0.757. The molecule has 0 spiro atoms. The van der Waals surface area contributed by atoms with Gasteiger partial charge in [0, 0.05) is 24.4 Å². The maximum atomic E-state index is 5.53. The Bertz CT molecular complexity index is 130. The van der Waals surface area contributed by atoms with Gasteiger partial charge in [-0.15, -0.1) is 0 Å². The third-order valence-corrected chi connectivity index (χ3v) is 3.98. The third-order valence-electron chi connectivity index (χ3n) is 2.61. The van der Waals surface area contributed by atoms with Crippen LogP contribution in [0.5, 0.6) is 0 Å². The molecule has 2 N–H and O–H groups in total. The molecule has 0 bridgehead atoms. The summed E-state index contributed by atoms with van der Waals surface area (Å²) in [7, 11) is 2.19. The van der Waals surface area contributed by atoms with Crippen molar-refractivity contribution in [3.05, 3.63) is 0 Å². The van der Waals surface area contributed by atoms with Crippen molar-refractivity contribution in [2.75, 3.05) is 25.9 Å². The van der Waals surface area contributed by atoms with E-state index in [1.165, 1.54) is 18.6 Å². The van der Waals surface area contributed by atoms with Crippen LogP contribution in [0.1, 0.15) is 19.8 Å². The molecule has 3 heteroatoms. The van der Waals surface area contributed by atoms with E-state index in [1.54, 1.807) is 0 Å². The number of rotatable bonds is 3. The molecular weight excluding hydrogens is 168 g/mol. The zero-order valence-corrected chi connectivity index (χ0v) is 8.94. The van der Waals surface area contributed by atoms with Crippen LogP contribution < -0.4 is 5.73 Å². The first kappa shape index (κ1) is 10.4. The lowest BCUT2D eigenvalue weighted by atomic mass is 10.1. The van der Waals surface area contributed by atoms with Crippen molar-refractivity contribution in [3.8, 4) is 0 Å². The highest BCUT2D eigenvalue weighted by Crippen LogP contribution is 2.27. The van der Waals surface area contributed by atoms with E-state index in [0.717, 1.165) is 24.4 Å². The fourth-order valence-corrected chi connectivity index (χ4v) is 3.13. The maximum Gasteiger partial charge on any atom is 0.0209 e. The van der Waals surface area contributed by atoms with Gasteiger partial charge in [0.25, 0.3) is 0 Å². The molecule has 0 aromatic carbocycles. The van der Waals surface area contributed by atoms with Crippen LogP contribution in [0, 0.1) is 0 Å². The van der Waals surface area contributed by atoms with Crippen molar-refractivity contribution in [3.63, 3.8) is 0 Å². The summed E-state index contributed by atoms with van der Waals surface area (Å²) < 4.78 is 0. The summed E-state index contributed by atoms with van der Waals surface area (Å²) in [4.78, 5) is 2.41. The molecule has 2 nitrogen and oxygen atoms in total. The molecule has 2 unspecified atom stereocenters. The van der Waals surface area contributed by atoms with Gasteiger partial charge in [0.05, 0.1) is 0 Å². The van der Waals surface area contributed by atoms with E-state index in [-0.39, 0.29) is 0 Å². The second kappa shape index (κ2) is 5.10. The van der Waals surface area contributed by atoms with Crippen LogP contribution in [0.3, 0.4) is 0 Å². The van der Waals surface area contributed by atoms with Gasteiger partial charge in [-0.2, -0.15) is 11.8 Å². The first-order valence-electron chi connectivity index (χ1n) is 4.77. The molecule has 0 aromatic heterocycles. The zero-order chi connectivity index (χ0) is 8.97. The van der Waals surface area contributed by atoms with Crippen LogP contribution in [-0.4, -0.2) is 42.1 Å². The van der Waals surface area contributed by atoms with Gasteiger partial charge >= 0.3 is 0 Å². The van der Waals surface area contributed by atoms with Crippen molar-refractivity contribution >= 4 is 11.8 Å². The highest BCUT2D eigenvalue weighted by molar-refractivity contribution is 7.99. The molecule has 1 aliphatic rings. The van der Waals surface area contributed by atoms with Crippen LogP contribution in [-0.2, 0) is 0 Å². The summed E-state index contributed by atoms with van der Waals surface area (Å²) in [5.74, 6) is 1.34. The molecule has 0 amide bonds. The van der Waals surface area contributed by atoms with Crippen molar-refractivity contribution < 1.29 is 0 Å². The van der Waals surface area contributed by atoms with E-state index < -0.39 is 0 Å². The molecule has 12 heavy (non-hydrogen) atoms. The molecule has 1 saturated heterocycles. The van der Waals surface area contributed by atoms with Crippen LogP contribution in [0.25, 0.3) is 0 Å². The van der Waals surface area contributed by atoms with Gasteiger partial charge < -0.3 is 10.6 Å². The molecular formula is C9H20N2S. The van der Waals surface area contributed by atoms with Crippen molar-refractivity contribution in [1.82, 2.24) is 4.90 Å². The summed E-state index contributed by atoms with van der Waals surface area (Å²) in [5, 5.41) is 0.787. The molecule has 1 fully saturated rings. The molecule has 72 valence electrons. The first-order valence-corrected chi connectivity index (χ1v) is 5.82. The van der Waals surface area contributed by atoms with E-state index in [4.69, 9.17) is 5.73 Å². The maximum absolute atomic E-state index is 5.53. The summed E-state index contributed by atoms with van der Waals surface area (Å²) in [6.07, 6.45) is 2.72. The molecule has 1 heterocycles. The Morgan fingerprint density at radius 3 is 2.92 bits per heavy atom. The molecule has 0 aliphatic carbocycles. The minimum Gasteiger partial charge on any atom is -0.329 e. The second-order valence-electron chi connectivity index (χ2n) is 3.55. The number of likely N-dealkylation sites (N-methyl/N-ethyl adjacent to an activating group) is 1. The molecule has 2 atom stereocenters. The van der Waals surface area contributed by atoms with Gasteiger partial charge in [-0.25, -0.2) is 0 Å². The smallest absolute Gasteiger partial charge is 0.0209 e. The summed E-state index contributed by atoms with van der Waals surface area (Å²) >= 11 is 2.10. The average Bonchev–Trinajstić information content (AvgIpc) is 2.05. The fourth-order valence-electron chi connectivity index (χ4n) is 1.86. The summed E-state index contributed by atoms with van der Waals surface area (Å²) in [6.45, 7) is 4.15. The average molecular weight is 188 g/mol. The van der Waals surface area contributed by atoms with Crippen molar-refractivity contribution in [2.24, 2.45) is 5.73 Å². The Hall–Kier alpha value is 0.270. The molecule has 0 saturated carbocycles. The van der Waals surface area contributed by atoms with Crippen LogP contribution in [0.15, 0.2) is 0 Å². The zero-order valence-electron chi connectivity index (χ0n) is 8.12. The SMILES string of the molecule is CC1SCCCC1N(C)CCN. The Morgan fingerprint density at radius 1 is 1.58 bits per heavy atom. The Morgan fingerprint density at radius 2 is 2.33 bits per heavy atom. The number of nitrogens with zero attached hydrogens (tertiary/aromatic N) is 1. The quantitative estimate of drug-likeness (QED) is 0.721. The molecule has 0 aromatic rings. The van der Waals surface area contributed by atoms with E-state index in [9.17, 15) is 0 Å². The van der Waals surface area contributed by atoms with E-state index in [1.807, 2.05) is 0 Å². The minimum atomic E-state index is 0.757. The third kappa shape index (κ3) is 2.64. The van der Waals surface area contributed by atoms with Gasteiger partial charge in [0.15, 0.2) is 0 Å². The highest BCUT2D eigenvalue weighted by Gasteiger charge is 2.24. The van der Waals surface area contributed by atoms with Gasteiger partial charge in [-0.3, -0.25) is 0 Å². The second-order valence-corrected chi connectivity index (χ2v) is 5.04. The molecule has 1 rings (SSSR count). The van der Waals surface area contributed by atoms with Crippen molar-refractivity contribution in [1.29, 1.82) is 0 Å². The standard InChI is InChI=1S/C9H20N2S/c1-8-9(4-3-7-12-8)11(2)6-5-10/h8-9H,3-7,10H2,1-2H3. The highest BCUT2D eigenvalue weighted by atomic mass is 32.2. The first-order chi connectivity index (χ1) is 5.75. The summed E-state index contributed by atoms with van der Waals surface area (Å²) in [5.41, 5.74) is 5.53. The number of nitrogens with two attached hydrogens (primary N) is 1. The van der Waals surface area contributed by atoms with Gasteiger partial charge in [-0.05, 0) is 25.6 Å². The van der Waals surface area contributed by atoms with E-state index in [2.05, 4.69) is 30.6 Å². The Kier molecular flexibility index (Phi) is 4.40. The Labute approximate surface area is 79.9 Å². The predicted octanol–water partition coefficient (Wildman–Crippen LogP) is 1.16. The van der Waals surface area contributed by atoms with Gasteiger partial charge in [0.2, 0.25) is 0 Å². The molecule has 1 aliphatic heterocycles. The number of hydrogen-bond donors (Lipinski definition) is 1. The van der Waals surface area contributed by atoms with Gasteiger partial charge in [0.1, 0.15) is 0 Å². The monoisotopic (exact) mass is 188 g/mol. The largest absolute Gasteiger partial charge is 0.329 e. The van der Waals surface area contributed by atoms with Gasteiger partial charge in [-0.1, -0.05) is 6.92 Å². The Balaban J connectivity index is 2.36. The number of thioether (sulfide) groups is 1. The van der Waals surface area contributed by atoms with Crippen LogP contribution in [0.2, 0.25) is 0 Å². The predicted molar refractivity (Wildman–Crippen MR) is 56.6 cm³/mol. The fraction of sp³-hybridized carbons (Fsp3) is 1.00. The van der Waals surface area contributed by atoms with Crippen LogP contribution in [0.4, 0.5) is 0 Å². The minimum absolute atomic E-state index is 0.757. The van der Waals surface area contributed by atoms with E-state index >= 15 is 0 Å². The van der Waals surface area contributed by atoms with Crippen molar-refractivity contribution in [2.45, 2.75) is 31.1 Å². The normalized spacial score (nSPS) is 31.0. The topological polar surface area (TPSA) is 29.3 Å². The van der Waals surface area contributed by atoms with E-state index in [0.29, 0.717) is 0 Å². The molecule has 0 radical (unpaired) electrons. The lowest BCUT2D eigenvalue weighted by molar-refractivity contribution is 0.230. The lowest BCUT2D eigenvalue weighted by Crippen LogP contribution is -2.42. The lowest BCUT2D eigenvalue weighted by Gasteiger charge is -2.35. The van der Waals surface area contributed by atoms with Crippen LogP contribution >= 0.6 is 11.8 Å². The number of hydrogen-bond acceptors (Lipinski definition) is 3.